The van der Waals surface area contributed by atoms with Gasteiger partial charge in [0.25, 0.3) is 0 Å². The molecule has 0 saturated heterocycles. The van der Waals surface area contributed by atoms with Crippen LogP contribution in [0.4, 0.5) is 0 Å². The number of methoxy groups -OCH3 is 2. The Balaban J connectivity index is 0.00000341. The zero-order valence-corrected chi connectivity index (χ0v) is 21.3. The van der Waals surface area contributed by atoms with E-state index in [2.05, 4.69) is 39.0 Å². The average molecular weight is 542 g/mol. The van der Waals surface area contributed by atoms with Crippen LogP contribution in [0.2, 0.25) is 0 Å². The monoisotopic (exact) mass is 542 g/mol. The third-order valence-corrected chi connectivity index (χ3v) is 5.57. The lowest BCUT2D eigenvalue weighted by Crippen LogP contribution is -2.43. The maximum atomic E-state index is 5.57. The van der Waals surface area contributed by atoms with E-state index in [0.717, 1.165) is 41.8 Å². The Morgan fingerprint density at radius 3 is 2.71 bits per heavy atom. The van der Waals surface area contributed by atoms with Gasteiger partial charge in [0.15, 0.2) is 5.96 Å². The molecule has 1 N–H and O–H groups in total. The van der Waals surface area contributed by atoms with Crippen molar-refractivity contribution in [2.75, 3.05) is 27.8 Å². The van der Waals surface area contributed by atoms with Gasteiger partial charge in [-0.25, -0.2) is 0 Å². The third kappa shape index (κ3) is 6.98. The molecule has 1 saturated carbocycles. The zero-order chi connectivity index (χ0) is 21.3. The second kappa shape index (κ2) is 12.7. The molecular weight excluding hydrogens is 507 g/mol. The highest BCUT2D eigenvalue weighted by Crippen LogP contribution is 2.25. The van der Waals surface area contributed by atoms with E-state index in [-0.39, 0.29) is 24.0 Å². The van der Waals surface area contributed by atoms with E-state index in [9.17, 15) is 0 Å². The molecule has 1 heterocycles. The first-order valence-corrected chi connectivity index (χ1v) is 10.7. The lowest BCUT2D eigenvalue weighted by molar-refractivity contribution is 0.381. The minimum atomic E-state index is 0. The molecule has 1 aromatic heterocycles. The van der Waals surface area contributed by atoms with Gasteiger partial charge in [0.05, 0.1) is 20.8 Å². The molecule has 0 unspecified atom stereocenters. The Morgan fingerprint density at radius 1 is 1.26 bits per heavy atom. The van der Waals surface area contributed by atoms with Crippen molar-refractivity contribution in [2.24, 2.45) is 4.99 Å². The van der Waals surface area contributed by atoms with Crippen LogP contribution < -0.4 is 14.8 Å². The van der Waals surface area contributed by atoms with Crippen LogP contribution in [-0.2, 0) is 19.5 Å². The number of nitrogens with zero attached hydrogens (tertiary/aromatic N) is 5. The predicted molar refractivity (Wildman–Crippen MR) is 134 cm³/mol. The lowest BCUT2D eigenvalue weighted by atomic mass is 10.2. The average Bonchev–Trinajstić information content (AvgIpc) is 3.44. The maximum absolute atomic E-state index is 5.57. The largest absolute Gasteiger partial charge is 0.497 e. The summed E-state index contributed by atoms with van der Waals surface area (Å²) in [7, 11) is 5.42. The van der Waals surface area contributed by atoms with Gasteiger partial charge in [0.2, 0.25) is 0 Å². The van der Waals surface area contributed by atoms with Crippen LogP contribution in [0.15, 0.2) is 29.5 Å². The van der Waals surface area contributed by atoms with Crippen molar-refractivity contribution in [1.82, 2.24) is 25.0 Å². The second-order valence-corrected chi connectivity index (χ2v) is 7.66. The lowest BCUT2D eigenvalue weighted by Gasteiger charge is -2.26. The van der Waals surface area contributed by atoms with E-state index in [1.165, 1.54) is 25.7 Å². The van der Waals surface area contributed by atoms with Crippen molar-refractivity contribution in [3.63, 3.8) is 0 Å². The topological polar surface area (TPSA) is 76.8 Å². The first-order chi connectivity index (χ1) is 14.6. The smallest absolute Gasteiger partial charge is 0.194 e. The van der Waals surface area contributed by atoms with Crippen molar-refractivity contribution in [3.05, 3.63) is 35.9 Å². The summed E-state index contributed by atoms with van der Waals surface area (Å²) in [5.74, 6) is 3.52. The fourth-order valence-electron chi connectivity index (χ4n) is 3.85. The Morgan fingerprint density at radius 2 is 2.03 bits per heavy atom. The molecule has 2 aromatic rings. The molecule has 1 aromatic carbocycles. The van der Waals surface area contributed by atoms with Gasteiger partial charge in [-0.15, -0.1) is 34.2 Å². The number of rotatable bonds is 9. The number of aromatic nitrogens is 3. The SMILES string of the molecule is CCc1nncn1CCN=C(NC1CCCC1)N(C)Cc1ccc(OC)cc1OC.I. The number of halogens is 1. The molecule has 1 aliphatic carbocycles. The molecule has 31 heavy (non-hydrogen) atoms. The number of guanidine groups is 1. The van der Waals surface area contributed by atoms with E-state index in [0.29, 0.717) is 19.1 Å². The molecule has 1 fully saturated rings. The number of benzene rings is 1. The molecule has 0 spiro atoms. The van der Waals surface area contributed by atoms with Crippen molar-refractivity contribution in [1.29, 1.82) is 0 Å². The highest BCUT2D eigenvalue weighted by Gasteiger charge is 2.19. The van der Waals surface area contributed by atoms with Crippen molar-refractivity contribution < 1.29 is 9.47 Å². The van der Waals surface area contributed by atoms with Crippen LogP contribution in [0.3, 0.4) is 0 Å². The fourth-order valence-corrected chi connectivity index (χ4v) is 3.85. The molecule has 172 valence electrons. The third-order valence-electron chi connectivity index (χ3n) is 5.57. The van der Waals surface area contributed by atoms with Gasteiger partial charge in [-0.2, -0.15) is 0 Å². The summed E-state index contributed by atoms with van der Waals surface area (Å²) in [4.78, 5) is 7.07. The summed E-state index contributed by atoms with van der Waals surface area (Å²) in [5.41, 5.74) is 1.09. The minimum absolute atomic E-state index is 0. The van der Waals surface area contributed by atoms with Gasteiger partial charge in [-0.05, 0) is 25.0 Å². The van der Waals surface area contributed by atoms with Gasteiger partial charge in [-0.1, -0.05) is 19.8 Å². The van der Waals surface area contributed by atoms with Crippen LogP contribution >= 0.6 is 24.0 Å². The maximum Gasteiger partial charge on any atom is 0.194 e. The normalized spacial score (nSPS) is 14.3. The van der Waals surface area contributed by atoms with E-state index in [4.69, 9.17) is 14.5 Å². The Labute approximate surface area is 202 Å². The van der Waals surface area contributed by atoms with Crippen LogP contribution in [0.1, 0.15) is 44.0 Å². The van der Waals surface area contributed by atoms with Gasteiger partial charge in [0.1, 0.15) is 23.7 Å². The summed E-state index contributed by atoms with van der Waals surface area (Å²) in [6.07, 6.45) is 7.61. The Hall–Kier alpha value is -2.04. The molecule has 0 amide bonds. The quantitative estimate of drug-likeness (QED) is 0.297. The Bertz CT molecular complexity index is 835. The number of hydrogen-bond acceptors (Lipinski definition) is 5. The molecule has 0 radical (unpaired) electrons. The van der Waals surface area contributed by atoms with Gasteiger partial charge in [0, 0.05) is 44.2 Å². The van der Waals surface area contributed by atoms with E-state index in [1.807, 2.05) is 18.2 Å². The molecule has 8 nitrogen and oxygen atoms in total. The molecule has 0 bridgehead atoms. The zero-order valence-electron chi connectivity index (χ0n) is 19.0. The number of aliphatic imine (C=N–C) groups is 1. The van der Waals surface area contributed by atoms with Crippen LogP contribution in [-0.4, -0.2) is 59.5 Å². The second-order valence-electron chi connectivity index (χ2n) is 7.66. The molecule has 0 aliphatic heterocycles. The van der Waals surface area contributed by atoms with Gasteiger partial charge in [-0.3, -0.25) is 4.99 Å². The standard InChI is InChI=1S/C22H34N6O2.HI/c1-5-21-26-24-16-28(21)13-12-23-22(25-18-8-6-7-9-18)27(2)15-17-10-11-19(29-3)14-20(17)30-4;/h10-11,14,16,18H,5-9,12-13,15H2,1-4H3,(H,23,25);1H. The van der Waals surface area contributed by atoms with Gasteiger partial charge < -0.3 is 24.3 Å². The van der Waals surface area contributed by atoms with Crippen molar-refractivity contribution >= 4 is 29.9 Å². The van der Waals surface area contributed by atoms with E-state index >= 15 is 0 Å². The molecule has 1 aliphatic rings. The summed E-state index contributed by atoms with van der Waals surface area (Å²) in [6, 6.07) is 6.42. The number of hydrogen-bond donors (Lipinski definition) is 1. The summed E-state index contributed by atoms with van der Waals surface area (Å²) in [6.45, 7) is 4.22. The first-order valence-electron chi connectivity index (χ1n) is 10.7. The summed E-state index contributed by atoms with van der Waals surface area (Å²) in [5, 5.41) is 11.8. The number of nitrogens with one attached hydrogen (secondary N) is 1. The van der Waals surface area contributed by atoms with Gasteiger partial charge >= 0.3 is 0 Å². The molecule has 0 atom stereocenters. The predicted octanol–water partition coefficient (Wildman–Crippen LogP) is 3.50. The molecule has 3 rings (SSSR count). The van der Waals surface area contributed by atoms with E-state index < -0.39 is 0 Å². The summed E-state index contributed by atoms with van der Waals surface area (Å²) >= 11 is 0. The minimum Gasteiger partial charge on any atom is -0.497 e. The number of ether oxygens (including phenoxy) is 2. The van der Waals surface area contributed by atoms with E-state index in [1.54, 1.807) is 20.5 Å². The molecule has 9 heteroatoms. The fraction of sp³-hybridized carbons (Fsp3) is 0.591. The van der Waals surface area contributed by atoms with Crippen LogP contribution in [0.5, 0.6) is 11.5 Å². The molecular formula is C22H35IN6O2. The highest BCUT2D eigenvalue weighted by molar-refractivity contribution is 14.0. The summed E-state index contributed by atoms with van der Waals surface area (Å²) < 4.78 is 13.0. The number of aryl methyl sites for hydroxylation is 1. The van der Waals surface area contributed by atoms with Crippen molar-refractivity contribution in [2.45, 2.75) is 58.2 Å². The first kappa shape index (κ1) is 25.2. The van der Waals surface area contributed by atoms with Crippen LogP contribution in [0, 0.1) is 0 Å². The van der Waals surface area contributed by atoms with Crippen molar-refractivity contribution in [3.8, 4) is 11.5 Å². The highest BCUT2D eigenvalue weighted by atomic mass is 127. The van der Waals surface area contributed by atoms with Crippen LogP contribution in [0.25, 0.3) is 0 Å². The Kier molecular flexibility index (Phi) is 10.4.